The largest absolute Gasteiger partial charge is 0.492 e. The Balaban J connectivity index is 1.38. The third-order valence-corrected chi connectivity index (χ3v) is 5.46. The summed E-state index contributed by atoms with van der Waals surface area (Å²) >= 11 is 0. The molecule has 2 aromatic rings. The first-order chi connectivity index (χ1) is 14.4. The lowest BCUT2D eigenvalue weighted by Crippen LogP contribution is -2.38. The Bertz CT molecular complexity index is 847. The second kappa shape index (κ2) is 10.3. The predicted octanol–water partition coefficient (Wildman–Crippen LogP) is 2.75. The smallest absolute Gasteiger partial charge is 0.320 e. The first kappa shape index (κ1) is 21.9. The van der Waals surface area contributed by atoms with Crippen LogP contribution in [-0.2, 0) is 11.2 Å². The maximum Gasteiger partial charge on any atom is 0.320 e. The molecule has 30 heavy (non-hydrogen) atoms. The zero-order valence-corrected chi connectivity index (χ0v) is 16.8. The van der Waals surface area contributed by atoms with E-state index >= 15 is 0 Å². The van der Waals surface area contributed by atoms with Gasteiger partial charge in [0.1, 0.15) is 24.2 Å². The SMILES string of the molecule is N[C@@H](Cc1ccc(OCCN2CCC(C(=O)c3ccc(F)cc3)CC2)cc1)C(=O)O. The number of piperidine rings is 1. The van der Waals surface area contributed by atoms with Crippen LogP contribution in [0.2, 0.25) is 0 Å². The summed E-state index contributed by atoms with van der Waals surface area (Å²) in [6.45, 7) is 2.95. The monoisotopic (exact) mass is 414 g/mol. The van der Waals surface area contributed by atoms with Crippen molar-refractivity contribution in [2.45, 2.75) is 25.3 Å². The fourth-order valence-electron chi connectivity index (χ4n) is 3.62. The summed E-state index contributed by atoms with van der Waals surface area (Å²) in [7, 11) is 0. The van der Waals surface area contributed by atoms with E-state index in [2.05, 4.69) is 4.90 Å². The lowest BCUT2D eigenvalue weighted by Gasteiger charge is -2.31. The summed E-state index contributed by atoms with van der Waals surface area (Å²) in [6, 6.07) is 12.1. The standard InChI is InChI=1S/C23H27FN2O4/c24-19-5-3-17(4-6-19)22(27)18-9-11-26(12-10-18)13-14-30-20-7-1-16(2-8-20)15-21(25)23(28)29/h1-8,18,21H,9-15,25H2,(H,28,29)/t21-/m0/s1. The Hall–Kier alpha value is -2.77. The summed E-state index contributed by atoms with van der Waals surface area (Å²) in [5, 5.41) is 8.87. The zero-order valence-electron chi connectivity index (χ0n) is 16.8. The second-order valence-electron chi connectivity index (χ2n) is 7.63. The molecule has 1 heterocycles. The normalized spacial score (nSPS) is 16.2. The highest BCUT2D eigenvalue weighted by molar-refractivity contribution is 5.97. The summed E-state index contributed by atoms with van der Waals surface area (Å²) < 4.78 is 18.8. The van der Waals surface area contributed by atoms with Crippen molar-refractivity contribution in [2.75, 3.05) is 26.2 Å². The van der Waals surface area contributed by atoms with Gasteiger partial charge in [0.25, 0.3) is 0 Å². The maximum absolute atomic E-state index is 13.0. The predicted molar refractivity (Wildman–Crippen MR) is 111 cm³/mol. The van der Waals surface area contributed by atoms with Crippen LogP contribution in [0.1, 0.15) is 28.8 Å². The third-order valence-electron chi connectivity index (χ3n) is 5.46. The van der Waals surface area contributed by atoms with Gasteiger partial charge in [0.2, 0.25) is 0 Å². The number of ketones is 1. The second-order valence-corrected chi connectivity index (χ2v) is 7.63. The molecule has 1 atom stereocenters. The number of carbonyl (C=O) groups excluding carboxylic acids is 1. The lowest BCUT2D eigenvalue weighted by molar-refractivity contribution is -0.138. The Morgan fingerprint density at radius 2 is 1.73 bits per heavy atom. The van der Waals surface area contributed by atoms with E-state index in [1.165, 1.54) is 12.1 Å². The molecular formula is C23H27FN2O4. The molecular weight excluding hydrogens is 387 g/mol. The van der Waals surface area contributed by atoms with Crippen molar-refractivity contribution in [3.05, 3.63) is 65.5 Å². The molecule has 0 unspecified atom stereocenters. The summed E-state index contributed by atoms with van der Waals surface area (Å²) in [5.41, 5.74) is 6.97. The van der Waals surface area contributed by atoms with Gasteiger partial charge < -0.3 is 15.6 Å². The van der Waals surface area contributed by atoms with Crippen LogP contribution < -0.4 is 10.5 Å². The number of nitrogens with two attached hydrogens (primary N) is 1. The minimum absolute atomic E-state index is 0.0163. The van der Waals surface area contributed by atoms with E-state index in [9.17, 15) is 14.0 Å². The van der Waals surface area contributed by atoms with Gasteiger partial charge in [-0.25, -0.2) is 4.39 Å². The van der Waals surface area contributed by atoms with Crippen LogP contribution in [0.15, 0.2) is 48.5 Å². The number of carboxylic acid groups (broad SMARTS) is 1. The highest BCUT2D eigenvalue weighted by Gasteiger charge is 2.25. The van der Waals surface area contributed by atoms with Crippen LogP contribution in [0.4, 0.5) is 4.39 Å². The van der Waals surface area contributed by atoms with Crippen molar-refractivity contribution in [1.29, 1.82) is 0 Å². The first-order valence-electron chi connectivity index (χ1n) is 10.1. The topological polar surface area (TPSA) is 92.9 Å². The molecule has 0 bridgehead atoms. The molecule has 0 aromatic heterocycles. The van der Waals surface area contributed by atoms with E-state index in [4.69, 9.17) is 15.6 Å². The average Bonchev–Trinajstić information content (AvgIpc) is 2.75. The highest BCUT2D eigenvalue weighted by Crippen LogP contribution is 2.22. The molecule has 0 saturated carbocycles. The number of hydrogen-bond donors (Lipinski definition) is 2. The number of aliphatic carboxylic acids is 1. The van der Waals surface area contributed by atoms with Gasteiger partial charge in [-0.05, 0) is 74.3 Å². The van der Waals surface area contributed by atoms with Crippen molar-refractivity contribution in [3.63, 3.8) is 0 Å². The van der Waals surface area contributed by atoms with Gasteiger partial charge >= 0.3 is 5.97 Å². The molecule has 160 valence electrons. The van der Waals surface area contributed by atoms with E-state index < -0.39 is 12.0 Å². The van der Waals surface area contributed by atoms with Gasteiger partial charge in [-0.1, -0.05) is 12.1 Å². The van der Waals surface area contributed by atoms with Crippen LogP contribution in [0, 0.1) is 11.7 Å². The Kier molecular flexibility index (Phi) is 7.54. The van der Waals surface area contributed by atoms with E-state index in [1.54, 1.807) is 12.1 Å². The van der Waals surface area contributed by atoms with Gasteiger partial charge in [-0.3, -0.25) is 14.5 Å². The summed E-state index contributed by atoms with van der Waals surface area (Å²) in [4.78, 5) is 25.6. The zero-order chi connectivity index (χ0) is 21.5. The number of ether oxygens (including phenoxy) is 1. The number of rotatable bonds is 9. The van der Waals surface area contributed by atoms with Crippen molar-refractivity contribution in [1.82, 2.24) is 4.90 Å². The molecule has 1 saturated heterocycles. The van der Waals surface area contributed by atoms with Crippen molar-refractivity contribution >= 4 is 11.8 Å². The van der Waals surface area contributed by atoms with Crippen LogP contribution in [0.25, 0.3) is 0 Å². The van der Waals surface area contributed by atoms with Crippen molar-refractivity contribution in [3.8, 4) is 5.75 Å². The number of benzene rings is 2. The minimum atomic E-state index is -1.02. The van der Waals surface area contributed by atoms with E-state index in [-0.39, 0.29) is 23.9 Å². The maximum atomic E-state index is 13.0. The molecule has 7 heteroatoms. The molecule has 0 spiro atoms. The van der Waals surface area contributed by atoms with Gasteiger partial charge in [-0.15, -0.1) is 0 Å². The van der Waals surface area contributed by atoms with Crippen molar-refractivity contribution < 1.29 is 23.8 Å². The number of Topliss-reactive ketones (excluding diaryl/α,β-unsaturated/α-hetero) is 1. The fourth-order valence-corrected chi connectivity index (χ4v) is 3.62. The molecule has 3 N–H and O–H groups in total. The van der Waals surface area contributed by atoms with E-state index in [1.807, 2.05) is 24.3 Å². The summed E-state index contributed by atoms with van der Waals surface area (Å²) in [6.07, 6.45) is 1.85. The Labute approximate surface area is 175 Å². The number of carbonyl (C=O) groups is 2. The lowest BCUT2D eigenvalue weighted by atomic mass is 9.89. The van der Waals surface area contributed by atoms with Crippen LogP contribution in [0.5, 0.6) is 5.75 Å². The molecule has 3 rings (SSSR count). The molecule has 1 aliphatic rings. The minimum Gasteiger partial charge on any atom is -0.492 e. The van der Waals surface area contributed by atoms with Crippen LogP contribution in [-0.4, -0.2) is 54.0 Å². The number of likely N-dealkylation sites (tertiary alicyclic amines) is 1. The molecule has 0 radical (unpaired) electrons. The average molecular weight is 414 g/mol. The van der Waals surface area contributed by atoms with Gasteiger partial charge in [0.15, 0.2) is 5.78 Å². The first-order valence-corrected chi connectivity index (χ1v) is 10.1. The molecule has 0 amide bonds. The molecule has 1 fully saturated rings. The molecule has 0 aliphatic carbocycles. The molecule has 6 nitrogen and oxygen atoms in total. The number of halogens is 1. The highest BCUT2D eigenvalue weighted by atomic mass is 19.1. The molecule has 2 aromatic carbocycles. The van der Waals surface area contributed by atoms with Crippen LogP contribution >= 0.6 is 0 Å². The third kappa shape index (κ3) is 6.11. The van der Waals surface area contributed by atoms with Crippen LogP contribution in [0.3, 0.4) is 0 Å². The van der Waals surface area contributed by atoms with Crippen molar-refractivity contribution in [2.24, 2.45) is 11.7 Å². The summed E-state index contributed by atoms with van der Waals surface area (Å²) in [5.74, 6) is -0.548. The Morgan fingerprint density at radius 3 is 2.33 bits per heavy atom. The number of carboxylic acids is 1. The quantitative estimate of drug-likeness (QED) is 0.613. The van der Waals surface area contributed by atoms with E-state index in [0.29, 0.717) is 12.2 Å². The van der Waals surface area contributed by atoms with Gasteiger partial charge in [-0.2, -0.15) is 0 Å². The molecule has 1 aliphatic heterocycles. The number of nitrogens with zero attached hydrogens (tertiary/aromatic N) is 1. The fraction of sp³-hybridized carbons (Fsp3) is 0.391. The van der Waals surface area contributed by atoms with Gasteiger partial charge in [0, 0.05) is 18.0 Å². The Morgan fingerprint density at radius 1 is 1.10 bits per heavy atom. The van der Waals surface area contributed by atoms with E-state index in [0.717, 1.165) is 43.8 Å². The number of hydrogen-bond acceptors (Lipinski definition) is 5. The van der Waals surface area contributed by atoms with Gasteiger partial charge in [0.05, 0.1) is 0 Å².